The summed E-state index contributed by atoms with van der Waals surface area (Å²) in [7, 11) is 0.116. The lowest BCUT2D eigenvalue weighted by Gasteiger charge is -1.84. The molecule has 0 saturated carbocycles. The molecule has 0 aromatic rings. The molecule has 1 aliphatic heterocycles. The molecular weight excluding hydrogens is 102 g/mol. The highest BCUT2D eigenvalue weighted by molar-refractivity contribution is 7.33. The third-order valence-corrected chi connectivity index (χ3v) is 1.60. The maximum Gasteiger partial charge on any atom is 0.143 e. The fourth-order valence-corrected chi connectivity index (χ4v) is 1.02. The minimum Gasteiger partial charge on any atom is -0.359 e. The van der Waals surface area contributed by atoms with Gasteiger partial charge in [-0.15, -0.1) is 0 Å². The Morgan fingerprint density at radius 3 is 2.83 bits per heavy atom. The summed E-state index contributed by atoms with van der Waals surface area (Å²) in [4.78, 5) is 0. The topological polar surface area (TPSA) is 9.23 Å². The Hall–Kier alpha value is 0.320. The lowest BCUT2D eigenvalue weighted by atomic mass is 10.5. The van der Waals surface area contributed by atoms with Crippen molar-refractivity contribution in [1.29, 1.82) is 0 Å². The predicted molar refractivity (Wildman–Crippen MR) is 23.8 cm³/mol. The molecule has 1 aliphatic rings. The molecule has 0 radical (unpaired) electrons. The molecule has 1 heterocycles. The Labute approximate surface area is 37.7 Å². The van der Waals surface area contributed by atoms with Gasteiger partial charge in [0.2, 0.25) is 0 Å². The van der Waals surface area contributed by atoms with Gasteiger partial charge in [0.1, 0.15) is 5.91 Å². The van der Waals surface area contributed by atoms with Crippen molar-refractivity contribution in [1.82, 2.24) is 0 Å². The highest BCUT2D eigenvalue weighted by Gasteiger charge is 2.12. The molecule has 3 heteroatoms. The number of hydrogen-bond donors (Lipinski definition) is 0. The van der Waals surface area contributed by atoms with E-state index in [1.54, 1.807) is 0 Å². The van der Waals surface area contributed by atoms with Gasteiger partial charge >= 0.3 is 0 Å². The second kappa shape index (κ2) is 1.85. The minimum atomic E-state index is -0.648. The lowest BCUT2D eigenvalue weighted by Crippen LogP contribution is -1.80. The molecule has 0 aliphatic carbocycles. The van der Waals surface area contributed by atoms with Crippen LogP contribution >= 0.6 is 8.81 Å². The molecule has 0 aromatic carbocycles. The molecule has 2 atom stereocenters. The van der Waals surface area contributed by atoms with Crippen molar-refractivity contribution in [2.45, 2.75) is 12.3 Å². The van der Waals surface area contributed by atoms with Gasteiger partial charge < -0.3 is 4.52 Å². The monoisotopic (exact) mass is 108 g/mol. The van der Waals surface area contributed by atoms with Crippen LogP contribution in [0.15, 0.2) is 0 Å². The average molecular weight is 108 g/mol. The summed E-state index contributed by atoms with van der Waals surface area (Å²) in [6.07, 6.45) is 0.610. The van der Waals surface area contributed by atoms with Crippen LogP contribution in [0.25, 0.3) is 0 Å². The van der Waals surface area contributed by atoms with Crippen molar-refractivity contribution in [2.24, 2.45) is 0 Å². The summed E-state index contributed by atoms with van der Waals surface area (Å²) in [5.74, 6) is -0.648. The van der Waals surface area contributed by atoms with Crippen LogP contribution in [0.3, 0.4) is 0 Å². The fraction of sp³-hybridized carbons (Fsp3) is 1.00. The molecule has 0 bridgehead atoms. The Balaban J connectivity index is 2.18. The van der Waals surface area contributed by atoms with Gasteiger partial charge in [-0.3, -0.25) is 0 Å². The summed E-state index contributed by atoms with van der Waals surface area (Å²) in [5, 5.41) is 0. The van der Waals surface area contributed by atoms with E-state index in [9.17, 15) is 4.39 Å². The smallest absolute Gasteiger partial charge is 0.143 e. The third kappa shape index (κ3) is 0.889. The van der Waals surface area contributed by atoms with Gasteiger partial charge in [0, 0.05) is 6.42 Å². The molecular formula is C3H6FOP. The SMILES string of the molecule is FC1CCOP1. The standard InChI is InChI=1S/C3H6FOP/c4-3-1-2-5-6-3/h3,6H,1-2H2. The van der Waals surface area contributed by atoms with Crippen molar-refractivity contribution in [3.8, 4) is 0 Å². The molecule has 1 rings (SSSR count). The first-order chi connectivity index (χ1) is 2.89. The summed E-state index contributed by atoms with van der Waals surface area (Å²) >= 11 is 0. The second-order valence-electron chi connectivity index (χ2n) is 1.22. The zero-order valence-corrected chi connectivity index (χ0v) is 4.28. The molecule has 0 amide bonds. The molecule has 1 fully saturated rings. The highest BCUT2D eigenvalue weighted by atomic mass is 31.1. The van der Waals surface area contributed by atoms with Crippen LogP contribution in [-0.2, 0) is 4.52 Å². The molecule has 0 spiro atoms. The van der Waals surface area contributed by atoms with E-state index in [1.807, 2.05) is 0 Å². The van der Waals surface area contributed by atoms with E-state index in [1.165, 1.54) is 0 Å². The van der Waals surface area contributed by atoms with E-state index in [2.05, 4.69) is 0 Å². The van der Waals surface area contributed by atoms with Crippen LogP contribution in [0.5, 0.6) is 0 Å². The lowest BCUT2D eigenvalue weighted by molar-refractivity contribution is 0.375. The Bertz CT molecular complexity index is 44.1. The summed E-state index contributed by atoms with van der Waals surface area (Å²) < 4.78 is 16.5. The van der Waals surface area contributed by atoms with E-state index < -0.39 is 5.91 Å². The van der Waals surface area contributed by atoms with Gasteiger partial charge in [0.05, 0.1) is 15.4 Å². The number of alkyl halides is 1. The van der Waals surface area contributed by atoms with Gasteiger partial charge in [-0.25, -0.2) is 4.39 Å². The minimum absolute atomic E-state index is 0.116. The number of rotatable bonds is 0. The predicted octanol–water partition coefficient (Wildman–Crippen LogP) is 1.30. The number of hydrogen-bond acceptors (Lipinski definition) is 1. The molecule has 0 N–H and O–H groups in total. The molecule has 1 nitrogen and oxygen atoms in total. The van der Waals surface area contributed by atoms with Crippen LogP contribution in [0, 0.1) is 0 Å². The van der Waals surface area contributed by atoms with Crippen molar-refractivity contribution >= 4 is 8.81 Å². The third-order valence-electron chi connectivity index (χ3n) is 0.685. The largest absolute Gasteiger partial charge is 0.359 e. The van der Waals surface area contributed by atoms with E-state index in [0.29, 0.717) is 13.0 Å². The van der Waals surface area contributed by atoms with Gasteiger partial charge in [0.25, 0.3) is 0 Å². The Morgan fingerprint density at radius 2 is 2.67 bits per heavy atom. The number of halogens is 1. The molecule has 1 saturated heterocycles. The second-order valence-corrected chi connectivity index (χ2v) is 2.37. The summed E-state index contributed by atoms with van der Waals surface area (Å²) in [5.41, 5.74) is 0. The Kier molecular flexibility index (Phi) is 1.38. The first-order valence-electron chi connectivity index (χ1n) is 1.91. The quantitative estimate of drug-likeness (QED) is 0.425. The Morgan fingerprint density at radius 1 is 1.83 bits per heavy atom. The average Bonchev–Trinajstić information content (AvgIpc) is 1.86. The molecule has 0 aromatic heterocycles. The maximum atomic E-state index is 11.8. The van der Waals surface area contributed by atoms with E-state index in [0.717, 1.165) is 0 Å². The van der Waals surface area contributed by atoms with Crippen molar-refractivity contribution in [3.05, 3.63) is 0 Å². The van der Waals surface area contributed by atoms with Crippen LogP contribution in [0.2, 0.25) is 0 Å². The summed E-state index contributed by atoms with van der Waals surface area (Å²) in [6.45, 7) is 0.625. The molecule has 6 heavy (non-hydrogen) atoms. The van der Waals surface area contributed by atoms with E-state index >= 15 is 0 Å². The fourth-order valence-electron chi connectivity index (χ4n) is 0.371. The highest BCUT2D eigenvalue weighted by Crippen LogP contribution is 2.30. The zero-order chi connectivity index (χ0) is 4.41. The normalized spacial score (nSPS) is 38.5. The van der Waals surface area contributed by atoms with Crippen LogP contribution in [-0.4, -0.2) is 12.5 Å². The summed E-state index contributed by atoms with van der Waals surface area (Å²) in [6, 6.07) is 0. The van der Waals surface area contributed by atoms with Crippen LogP contribution in [0.1, 0.15) is 6.42 Å². The van der Waals surface area contributed by atoms with Gasteiger partial charge in [0.15, 0.2) is 0 Å². The van der Waals surface area contributed by atoms with Gasteiger partial charge in [-0.1, -0.05) is 0 Å². The van der Waals surface area contributed by atoms with Gasteiger partial charge in [-0.05, 0) is 0 Å². The molecule has 36 valence electrons. The van der Waals surface area contributed by atoms with Crippen molar-refractivity contribution in [2.75, 3.05) is 6.61 Å². The van der Waals surface area contributed by atoms with Crippen molar-refractivity contribution < 1.29 is 8.91 Å². The van der Waals surface area contributed by atoms with Crippen LogP contribution < -0.4 is 0 Å². The first kappa shape index (κ1) is 4.48. The van der Waals surface area contributed by atoms with Gasteiger partial charge in [-0.2, -0.15) is 0 Å². The van der Waals surface area contributed by atoms with E-state index in [4.69, 9.17) is 4.52 Å². The molecule has 2 unspecified atom stereocenters. The zero-order valence-electron chi connectivity index (χ0n) is 3.28. The first-order valence-corrected chi connectivity index (χ1v) is 2.89. The van der Waals surface area contributed by atoms with Crippen LogP contribution in [0.4, 0.5) is 4.39 Å². The van der Waals surface area contributed by atoms with Crippen molar-refractivity contribution in [3.63, 3.8) is 0 Å². The van der Waals surface area contributed by atoms with E-state index in [-0.39, 0.29) is 8.81 Å². The maximum absolute atomic E-state index is 11.8.